The van der Waals surface area contributed by atoms with Crippen LogP contribution in [0.5, 0.6) is 0 Å². The second kappa shape index (κ2) is 13.8. The lowest BCUT2D eigenvalue weighted by Gasteiger charge is -2.34. The predicted octanol–water partition coefficient (Wildman–Crippen LogP) is -3.43. The first-order valence-corrected chi connectivity index (χ1v) is 8.48. The molecule has 16 nitrogen and oxygen atoms in total. The average Bonchev–Trinajstić information content (AvgIpc) is 2.50. The van der Waals surface area contributed by atoms with Crippen molar-refractivity contribution in [2.24, 2.45) is 0 Å². The lowest BCUT2D eigenvalue weighted by molar-refractivity contribution is -0.144. The zero-order valence-electron chi connectivity index (χ0n) is 16.3. The van der Waals surface area contributed by atoms with Gasteiger partial charge in [-0.3, -0.25) is 48.4 Å². The maximum atomic E-state index is 11.2. The van der Waals surface area contributed by atoms with E-state index in [2.05, 4.69) is 0 Å². The van der Waals surface area contributed by atoms with Gasteiger partial charge < -0.3 is 30.6 Å². The van der Waals surface area contributed by atoms with Crippen molar-refractivity contribution in [2.75, 3.05) is 59.3 Å². The van der Waals surface area contributed by atoms with Gasteiger partial charge in [-0.2, -0.15) is 0 Å². The van der Waals surface area contributed by atoms with E-state index in [1.807, 2.05) is 0 Å². The van der Waals surface area contributed by atoms with Gasteiger partial charge in [-0.15, -0.1) is 0 Å². The molecule has 0 aromatic carbocycles. The van der Waals surface area contributed by atoms with Crippen molar-refractivity contribution in [1.29, 1.82) is 0 Å². The monoisotopic (exact) mass is 452 g/mol. The van der Waals surface area contributed by atoms with Crippen molar-refractivity contribution >= 4 is 35.8 Å². The normalized spacial score (nSPS) is 11.2. The van der Waals surface area contributed by atoms with Crippen LogP contribution in [0.3, 0.4) is 0 Å². The van der Waals surface area contributed by atoms with Gasteiger partial charge in [0.2, 0.25) is 0 Å². The van der Waals surface area contributed by atoms with E-state index in [1.165, 1.54) is 0 Å². The number of carboxylic acid groups (broad SMARTS) is 6. The van der Waals surface area contributed by atoms with E-state index in [0.29, 0.717) is 0 Å². The van der Waals surface area contributed by atoms with Crippen molar-refractivity contribution in [1.82, 2.24) is 19.6 Å². The minimum absolute atomic E-state index is 0.468. The smallest absolute Gasteiger partial charge is 0.317 e. The summed E-state index contributed by atoms with van der Waals surface area (Å²) in [5.74, 6) is -8.29. The third kappa shape index (κ3) is 15.2. The van der Waals surface area contributed by atoms with Gasteiger partial charge in [0.05, 0.1) is 59.3 Å². The summed E-state index contributed by atoms with van der Waals surface area (Å²) >= 11 is 0. The van der Waals surface area contributed by atoms with Crippen molar-refractivity contribution < 1.29 is 59.4 Å². The fraction of sp³-hybridized carbons (Fsp3) is 0.600. The number of hydrogen-bond donors (Lipinski definition) is 6. The molecule has 0 heterocycles. The number of carbonyl (C=O) groups is 6. The Bertz CT molecular complexity index is 597. The molecule has 0 unspecified atom stereocenters. The third-order valence-electron chi connectivity index (χ3n) is 3.35. The Morgan fingerprint density at radius 1 is 0.355 bits per heavy atom. The molecule has 0 rings (SSSR count). The summed E-state index contributed by atoms with van der Waals surface area (Å²) < 4.78 is 0. The Balaban J connectivity index is 5.56. The van der Waals surface area contributed by atoms with E-state index < -0.39 is 95.1 Å². The molecule has 0 amide bonds. The molecule has 0 fully saturated rings. The molecule has 0 aliphatic heterocycles. The molecule has 0 aromatic rings. The third-order valence-corrected chi connectivity index (χ3v) is 3.35. The molecule has 0 atom stereocenters. The second-order valence-corrected chi connectivity index (χ2v) is 6.42. The van der Waals surface area contributed by atoms with Crippen LogP contribution >= 0.6 is 0 Å². The summed E-state index contributed by atoms with van der Waals surface area (Å²) in [5, 5.41) is 53.8. The molecular weight excluding hydrogens is 428 g/mol. The van der Waals surface area contributed by atoms with Crippen molar-refractivity contribution in [3.63, 3.8) is 0 Å². The van der Waals surface area contributed by atoms with Gasteiger partial charge in [0.25, 0.3) is 0 Å². The molecule has 0 radical (unpaired) electrons. The Morgan fingerprint density at radius 2 is 0.516 bits per heavy atom. The topological polar surface area (TPSA) is 237 Å². The van der Waals surface area contributed by atoms with Gasteiger partial charge in [-0.25, -0.2) is 0 Å². The van der Waals surface area contributed by atoms with Gasteiger partial charge in [0.1, 0.15) is 0 Å². The van der Waals surface area contributed by atoms with E-state index in [9.17, 15) is 28.8 Å². The number of carboxylic acids is 6. The Labute approximate surface area is 175 Å². The molecule has 0 bridgehead atoms. The van der Waals surface area contributed by atoms with Crippen LogP contribution in [-0.4, -0.2) is 145 Å². The minimum atomic E-state index is -1.38. The van der Waals surface area contributed by atoms with Gasteiger partial charge >= 0.3 is 35.8 Å². The van der Waals surface area contributed by atoms with Crippen molar-refractivity contribution in [2.45, 2.75) is 0 Å². The highest BCUT2D eigenvalue weighted by Crippen LogP contribution is 2.02. The van der Waals surface area contributed by atoms with Crippen molar-refractivity contribution in [3.8, 4) is 0 Å². The standard InChI is InChI=1S/C15H24N4O12/c20-10(21)1-16(2-11(22)23)7-18(5-14(28)29)9-19(6-15(30)31)8-17(3-12(24)25)4-13(26)27/h1-9H2,(H,20,21)(H,22,23)(H,24,25)(H,26,27)(H,28,29)(H,30,31). The maximum Gasteiger partial charge on any atom is 0.317 e. The zero-order chi connectivity index (χ0) is 24.1. The van der Waals surface area contributed by atoms with Gasteiger partial charge in [0.15, 0.2) is 0 Å². The fourth-order valence-electron chi connectivity index (χ4n) is 2.60. The van der Waals surface area contributed by atoms with Crippen LogP contribution in [0.1, 0.15) is 0 Å². The Kier molecular flexibility index (Phi) is 12.3. The molecule has 0 spiro atoms. The van der Waals surface area contributed by atoms with E-state index >= 15 is 0 Å². The number of hydrogen-bond acceptors (Lipinski definition) is 10. The lowest BCUT2D eigenvalue weighted by Crippen LogP contribution is -2.52. The predicted molar refractivity (Wildman–Crippen MR) is 97.0 cm³/mol. The number of nitrogens with zero attached hydrogens (tertiary/aromatic N) is 4. The molecule has 16 heteroatoms. The Hall–Kier alpha value is -3.34. The van der Waals surface area contributed by atoms with Crippen LogP contribution in [0.4, 0.5) is 0 Å². The summed E-state index contributed by atoms with van der Waals surface area (Å²) in [6, 6.07) is 0. The van der Waals surface area contributed by atoms with Gasteiger partial charge in [0, 0.05) is 0 Å². The minimum Gasteiger partial charge on any atom is -0.480 e. The van der Waals surface area contributed by atoms with E-state index in [1.54, 1.807) is 0 Å². The molecule has 0 aliphatic carbocycles. The van der Waals surface area contributed by atoms with Gasteiger partial charge in [-0.1, -0.05) is 0 Å². The number of rotatable bonds is 18. The van der Waals surface area contributed by atoms with Crippen LogP contribution < -0.4 is 0 Å². The zero-order valence-corrected chi connectivity index (χ0v) is 16.3. The molecule has 0 saturated heterocycles. The van der Waals surface area contributed by atoms with E-state index in [-0.39, 0.29) is 0 Å². The molecule has 6 N–H and O–H groups in total. The first kappa shape index (κ1) is 27.7. The van der Waals surface area contributed by atoms with Crippen molar-refractivity contribution in [3.05, 3.63) is 0 Å². The molecule has 0 aromatic heterocycles. The van der Waals surface area contributed by atoms with Crippen LogP contribution in [0.2, 0.25) is 0 Å². The highest BCUT2D eigenvalue weighted by Gasteiger charge is 2.24. The molecule has 176 valence electrons. The highest BCUT2D eigenvalue weighted by atomic mass is 16.4. The summed E-state index contributed by atoms with van der Waals surface area (Å²) in [6.07, 6.45) is 0. The second-order valence-electron chi connectivity index (χ2n) is 6.42. The summed E-state index contributed by atoms with van der Waals surface area (Å²) in [7, 11) is 0. The molecule has 31 heavy (non-hydrogen) atoms. The van der Waals surface area contributed by atoms with E-state index in [0.717, 1.165) is 19.6 Å². The first-order chi connectivity index (χ1) is 14.3. The summed E-state index contributed by atoms with van der Waals surface area (Å²) in [5.41, 5.74) is 0. The van der Waals surface area contributed by atoms with E-state index in [4.69, 9.17) is 30.6 Å². The Morgan fingerprint density at radius 3 is 0.710 bits per heavy atom. The molecular formula is C15H24N4O12. The summed E-state index contributed by atoms with van der Waals surface area (Å²) in [6.45, 7) is -5.89. The quantitative estimate of drug-likeness (QED) is 0.111. The maximum absolute atomic E-state index is 11.2. The van der Waals surface area contributed by atoms with Crippen LogP contribution in [0.25, 0.3) is 0 Å². The SMILES string of the molecule is O=C(O)CN(CC(=O)O)CN(CC(=O)O)CN(CC(=O)O)CN(CC(=O)O)CC(=O)O. The molecule has 0 aliphatic rings. The fourth-order valence-corrected chi connectivity index (χ4v) is 2.60. The van der Waals surface area contributed by atoms with Crippen LogP contribution in [0, 0.1) is 0 Å². The molecule has 0 saturated carbocycles. The average molecular weight is 452 g/mol. The number of aliphatic carboxylic acids is 6. The van der Waals surface area contributed by atoms with Gasteiger partial charge in [-0.05, 0) is 0 Å². The largest absolute Gasteiger partial charge is 0.480 e. The highest BCUT2D eigenvalue weighted by molar-refractivity contribution is 5.73. The first-order valence-electron chi connectivity index (χ1n) is 8.48. The lowest BCUT2D eigenvalue weighted by atomic mass is 10.4. The summed E-state index contributed by atoms with van der Waals surface area (Å²) in [4.78, 5) is 69.9. The van der Waals surface area contributed by atoms with Crippen LogP contribution in [-0.2, 0) is 28.8 Å². The van der Waals surface area contributed by atoms with Crippen LogP contribution in [0.15, 0.2) is 0 Å².